The van der Waals surface area contributed by atoms with Gasteiger partial charge in [-0.3, -0.25) is 4.79 Å². The number of hydrogen-bond acceptors (Lipinski definition) is 3. The summed E-state index contributed by atoms with van der Waals surface area (Å²) in [6.45, 7) is 4.62. The van der Waals surface area contributed by atoms with E-state index in [-0.39, 0.29) is 12.0 Å². The molecule has 1 fully saturated rings. The predicted molar refractivity (Wildman–Crippen MR) is 60.3 cm³/mol. The largest absolute Gasteiger partial charge is 0.466 e. The van der Waals surface area contributed by atoms with Crippen molar-refractivity contribution in [3.63, 3.8) is 0 Å². The van der Waals surface area contributed by atoms with Crippen molar-refractivity contribution in [1.29, 1.82) is 0 Å². The summed E-state index contributed by atoms with van der Waals surface area (Å²) in [5.74, 6) is 0.997. The lowest BCUT2D eigenvalue weighted by molar-refractivity contribution is -0.144. The van der Waals surface area contributed by atoms with E-state index < -0.39 is 0 Å². The average molecular weight is 213 g/mol. The fourth-order valence-corrected chi connectivity index (χ4v) is 1.61. The third-order valence-electron chi connectivity index (χ3n) is 3.27. The third kappa shape index (κ3) is 4.65. The Morgan fingerprint density at radius 2 is 2.13 bits per heavy atom. The quantitative estimate of drug-likeness (QED) is 0.687. The summed E-state index contributed by atoms with van der Waals surface area (Å²) in [4.78, 5) is 11.3. The number of rotatable bonds is 6. The first-order chi connectivity index (χ1) is 7.09. The second-order valence-corrected chi connectivity index (χ2v) is 4.92. The highest BCUT2D eigenvalue weighted by Crippen LogP contribution is 2.29. The smallest absolute Gasteiger partial charge is 0.307 e. The topological polar surface area (TPSA) is 52.3 Å². The van der Waals surface area contributed by atoms with Crippen molar-refractivity contribution in [3.05, 3.63) is 0 Å². The van der Waals surface area contributed by atoms with Crippen LogP contribution in [0, 0.1) is 11.8 Å². The molecule has 88 valence electrons. The van der Waals surface area contributed by atoms with Gasteiger partial charge < -0.3 is 10.5 Å². The lowest BCUT2D eigenvalue weighted by Gasteiger charge is -2.24. The Kier molecular flexibility index (Phi) is 5.09. The molecule has 1 aliphatic carbocycles. The molecule has 1 saturated carbocycles. The van der Waals surface area contributed by atoms with Crippen molar-refractivity contribution in [2.45, 2.75) is 52.0 Å². The second kappa shape index (κ2) is 6.11. The van der Waals surface area contributed by atoms with E-state index in [2.05, 4.69) is 0 Å². The van der Waals surface area contributed by atoms with Gasteiger partial charge in [0.1, 0.15) is 0 Å². The molecule has 0 aromatic rings. The summed E-state index contributed by atoms with van der Waals surface area (Å²) in [6.07, 6.45) is 5.34. The van der Waals surface area contributed by atoms with E-state index in [0.29, 0.717) is 18.9 Å². The van der Waals surface area contributed by atoms with Crippen LogP contribution in [0.3, 0.4) is 0 Å². The van der Waals surface area contributed by atoms with Crippen LogP contribution in [0.4, 0.5) is 0 Å². The maximum absolute atomic E-state index is 11.3. The number of carbonyl (C=O) groups excluding carboxylic acids is 1. The molecule has 3 nitrogen and oxygen atoms in total. The summed E-state index contributed by atoms with van der Waals surface area (Å²) < 4.78 is 5.15. The van der Waals surface area contributed by atoms with Gasteiger partial charge in [-0.25, -0.2) is 0 Å². The second-order valence-electron chi connectivity index (χ2n) is 4.92. The van der Waals surface area contributed by atoms with Crippen LogP contribution < -0.4 is 5.73 Å². The van der Waals surface area contributed by atoms with Gasteiger partial charge in [-0.2, -0.15) is 0 Å². The SMILES string of the molecule is CC(C)C(N)CC(=O)OCCC1CCC1. The Balaban J connectivity index is 2.02. The van der Waals surface area contributed by atoms with E-state index in [0.717, 1.165) is 12.3 Å². The molecule has 0 spiro atoms. The first-order valence-electron chi connectivity index (χ1n) is 6.00. The standard InChI is InChI=1S/C12H23NO2/c1-9(2)11(13)8-12(14)15-7-6-10-4-3-5-10/h9-11H,3-8,13H2,1-2H3. The van der Waals surface area contributed by atoms with Gasteiger partial charge in [0.25, 0.3) is 0 Å². The van der Waals surface area contributed by atoms with Crippen LogP contribution in [0.25, 0.3) is 0 Å². The molecule has 0 aliphatic heterocycles. The van der Waals surface area contributed by atoms with Gasteiger partial charge in [-0.15, -0.1) is 0 Å². The van der Waals surface area contributed by atoms with Crippen molar-refractivity contribution in [1.82, 2.24) is 0 Å². The molecule has 0 aromatic heterocycles. The molecule has 0 aromatic carbocycles. The third-order valence-corrected chi connectivity index (χ3v) is 3.27. The Labute approximate surface area is 92.4 Å². The van der Waals surface area contributed by atoms with Crippen molar-refractivity contribution >= 4 is 5.97 Å². The molecule has 3 heteroatoms. The van der Waals surface area contributed by atoms with E-state index in [4.69, 9.17) is 10.5 Å². The summed E-state index contributed by atoms with van der Waals surface area (Å²) >= 11 is 0. The molecular weight excluding hydrogens is 190 g/mol. The first kappa shape index (κ1) is 12.5. The van der Waals surface area contributed by atoms with Crippen molar-refractivity contribution in [2.75, 3.05) is 6.61 Å². The summed E-state index contributed by atoms with van der Waals surface area (Å²) in [6, 6.07) is -0.0683. The summed E-state index contributed by atoms with van der Waals surface area (Å²) in [7, 11) is 0. The number of nitrogens with two attached hydrogens (primary N) is 1. The Hall–Kier alpha value is -0.570. The van der Waals surface area contributed by atoms with Gasteiger partial charge in [0, 0.05) is 6.04 Å². The summed E-state index contributed by atoms with van der Waals surface area (Å²) in [5.41, 5.74) is 5.79. The zero-order chi connectivity index (χ0) is 11.3. The minimum Gasteiger partial charge on any atom is -0.466 e. The van der Waals surface area contributed by atoms with Crippen molar-refractivity contribution in [2.24, 2.45) is 17.6 Å². The molecule has 1 unspecified atom stereocenters. The van der Waals surface area contributed by atoms with E-state index in [1.165, 1.54) is 19.3 Å². The van der Waals surface area contributed by atoms with Gasteiger partial charge in [-0.1, -0.05) is 33.1 Å². The average Bonchev–Trinajstić information content (AvgIpc) is 2.09. The zero-order valence-corrected chi connectivity index (χ0v) is 9.87. The molecule has 0 radical (unpaired) electrons. The van der Waals surface area contributed by atoms with Crippen LogP contribution in [0.15, 0.2) is 0 Å². The van der Waals surface area contributed by atoms with Gasteiger partial charge in [0.2, 0.25) is 0 Å². The van der Waals surface area contributed by atoms with Crippen LogP contribution in [-0.4, -0.2) is 18.6 Å². The fraction of sp³-hybridized carbons (Fsp3) is 0.917. The first-order valence-corrected chi connectivity index (χ1v) is 6.00. The van der Waals surface area contributed by atoms with Gasteiger partial charge in [0.15, 0.2) is 0 Å². The molecule has 0 heterocycles. The van der Waals surface area contributed by atoms with E-state index in [1.54, 1.807) is 0 Å². The molecule has 1 atom stereocenters. The van der Waals surface area contributed by atoms with Crippen LogP contribution in [0.5, 0.6) is 0 Å². The summed E-state index contributed by atoms with van der Waals surface area (Å²) in [5, 5.41) is 0. The number of hydrogen-bond donors (Lipinski definition) is 1. The molecule has 1 aliphatic rings. The molecule has 1 rings (SSSR count). The molecular formula is C12H23NO2. The number of esters is 1. The minimum atomic E-state index is -0.143. The minimum absolute atomic E-state index is 0.0683. The van der Waals surface area contributed by atoms with Crippen LogP contribution in [-0.2, 0) is 9.53 Å². The predicted octanol–water partition coefficient (Wildman–Crippen LogP) is 2.09. The monoisotopic (exact) mass is 213 g/mol. The van der Waals surface area contributed by atoms with E-state index >= 15 is 0 Å². The van der Waals surface area contributed by atoms with Crippen LogP contribution in [0.2, 0.25) is 0 Å². The number of carbonyl (C=O) groups is 1. The molecule has 15 heavy (non-hydrogen) atoms. The van der Waals surface area contributed by atoms with Gasteiger partial charge in [-0.05, 0) is 18.3 Å². The zero-order valence-electron chi connectivity index (χ0n) is 9.87. The Morgan fingerprint density at radius 3 is 2.60 bits per heavy atom. The van der Waals surface area contributed by atoms with E-state index in [9.17, 15) is 4.79 Å². The maximum atomic E-state index is 11.3. The lowest BCUT2D eigenvalue weighted by Crippen LogP contribution is -2.30. The van der Waals surface area contributed by atoms with Crippen LogP contribution in [0.1, 0.15) is 46.0 Å². The van der Waals surface area contributed by atoms with Gasteiger partial charge >= 0.3 is 5.97 Å². The lowest BCUT2D eigenvalue weighted by atomic mass is 9.83. The molecule has 0 saturated heterocycles. The highest BCUT2D eigenvalue weighted by molar-refractivity contribution is 5.70. The van der Waals surface area contributed by atoms with Crippen molar-refractivity contribution < 1.29 is 9.53 Å². The number of ether oxygens (including phenoxy) is 1. The van der Waals surface area contributed by atoms with Crippen molar-refractivity contribution in [3.8, 4) is 0 Å². The van der Waals surface area contributed by atoms with E-state index in [1.807, 2.05) is 13.8 Å². The Morgan fingerprint density at radius 1 is 1.47 bits per heavy atom. The highest BCUT2D eigenvalue weighted by atomic mass is 16.5. The van der Waals surface area contributed by atoms with Crippen LogP contribution >= 0.6 is 0 Å². The normalized spacial score (nSPS) is 18.7. The molecule has 0 bridgehead atoms. The Bertz CT molecular complexity index is 200. The van der Waals surface area contributed by atoms with Gasteiger partial charge in [0.05, 0.1) is 13.0 Å². The molecule has 2 N–H and O–H groups in total. The molecule has 0 amide bonds. The maximum Gasteiger partial charge on any atom is 0.307 e. The highest BCUT2D eigenvalue weighted by Gasteiger charge is 2.18. The fourth-order valence-electron chi connectivity index (χ4n) is 1.61.